The molecule has 0 bridgehead atoms. The Hall–Kier alpha value is -2.32. The fourth-order valence-corrected chi connectivity index (χ4v) is 3.48. The number of aromatic nitrogens is 1. The monoisotopic (exact) mass is 334 g/mol. The molecule has 2 aromatic carbocycles. The van der Waals surface area contributed by atoms with Crippen molar-refractivity contribution in [3.05, 3.63) is 94.8 Å². The van der Waals surface area contributed by atoms with Crippen LogP contribution < -0.4 is 0 Å². The molecule has 3 aromatic rings. The highest BCUT2D eigenvalue weighted by Crippen LogP contribution is 2.30. The predicted octanol–water partition coefficient (Wildman–Crippen LogP) is 5.32. The molecule has 1 aliphatic heterocycles. The molecule has 3 heteroatoms. The Morgan fingerprint density at radius 3 is 2.54 bits per heavy atom. The summed E-state index contributed by atoms with van der Waals surface area (Å²) in [5.74, 6) is 0.441. The summed E-state index contributed by atoms with van der Waals surface area (Å²) in [4.78, 5) is 4.93. The van der Waals surface area contributed by atoms with Crippen LogP contribution in [0, 0.1) is 0 Å². The van der Waals surface area contributed by atoms with E-state index < -0.39 is 0 Å². The van der Waals surface area contributed by atoms with E-state index in [9.17, 15) is 0 Å². The van der Waals surface area contributed by atoms with E-state index in [0.717, 1.165) is 24.5 Å². The van der Waals surface area contributed by atoms with Crippen LogP contribution in [0.5, 0.6) is 0 Å². The Balaban J connectivity index is 1.62. The highest BCUT2D eigenvalue weighted by molar-refractivity contribution is 6.30. The SMILES string of the molecule is Clc1ccc(C2CC(=NCc3ccccc3)c3cccn3C2)cc1. The Morgan fingerprint density at radius 1 is 0.958 bits per heavy atom. The summed E-state index contributed by atoms with van der Waals surface area (Å²) >= 11 is 6.03. The minimum atomic E-state index is 0.441. The lowest BCUT2D eigenvalue weighted by atomic mass is 9.89. The van der Waals surface area contributed by atoms with Gasteiger partial charge in [-0.15, -0.1) is 0 Å². The van der Waals surface area contributed by atoms with Gasteiger partial charge in [0.25, 0.3) is 0 Å². The number of fused-ring (bicyclic) bond motifs is 1. The van der Waals surface area contributed by atoms with E-state index in [1.165, 1.54) is 22.5 Å². The largest absolute Gasteiger partial charge is 0.346 e. The van der Waals surface area contributed by atoms with E-state index in [2.05, 4.69) is 59.3 Å². The van der Waals surface area contributed by atoms with Gasteiger partial charge < -0.3 is 4.57 Å². The van der Waals surface area contributed by atoms with Crippen molar-refractivity contribution >= 4 is 17.3 Å². The molecule has 1 unspecified atom stereocenters. The maximum absolute atomic E-state index is 6.03. The fourth-order valence-electron chi connectivity index (χ4n) is 3.35. The van der Waals surface area contributed by atoms with E-state index in [1.807, 2.05) is 18.2 Å². The van der Waals surface area contributed by atoms with E-state index in [-0.39, 0.29) is 0 Å². The van der Waals surface area contributed by atoms with Crippen LogP contribution in [0.2, 0.25) is 5.02 Å². The number of hydrogen-bond donors (Lipinski definition) is 0. The zero-order valence-electron chi connectivity index (χ0n) is 13.4. The number of benzene rings is 2. The molecule has 0 saturated carbocycles. The average molecular weight is 335 g/mol. The van der Waals surface area contributed by atoms with Crippen LogP contribution in [0.1, 0.15) is 29.2 Å². The molecule has 0 aliphatic carbocycles. The first kappa shape index (κ1) is 15.2. The first-order valence-corrected chi connectivity index (χ1v) is 8.65. The van der Waals surface area contributed by atoms with Crippen molar-refractivity contribution in [2.75, 3.05) is 0 Å². The molecule has 2 nitrogen and oxygen atoms in total. The van der Waals surface area contributed by atoms with Crippen LogP contribution in [0.15, 0.2) is 77.9 Å². The second-order valence-electron chi connectivity index (χ2n) is 6.25. The maximum Gasteiger partial charge on any atom is 0.0643 e. The molecule has 0 saturated heterocycles. The first-order chi connectivity index (χ1) is 11.8. The second-order valence-corrected chi connectivity index (χ2v) is 6.68. The Labute approximate surface area is 147 Å². The van der Waals surface area contributed by atoms with E-state index >= 15 is 0 Å². The molecule has 4 rings (SSSR count). The van der Waals surface area contributed by atoms with Crippen LogP contribution in [0.25, 0.3) is 0 Å². The minimum absolute atomic E-state index is 0.441. The molecule has 24 heavy (non-hydrogen) atoms. The number of nitrogens with zero attached hydrogens (tertiary/aromatic N) is 2. The lowest BCUT2D eigenvalue weighted by molar-refractivity contribution is 0.549. The van der Waals surface area contributed by atoms with Crippen molar-refractivity contribution in [1.29, 1.82) is 0 Å². The van der Waals surface area contributed by atoms with Gasteiger partial charge in [0.15, 0.2) is 0 Å². The molecule has 1 atom stereocenters. The lowest BCUT2D eigenvalue weighted by Crippen LogP contribution is -2.24. The van der Waals surface area contributed by atoms with Gasteiger partial charge >= 0.3 is 0 Å². The zero-order chi connectivity index (χ0) is 16.4. The summed E-state index contributed by atoms with van der Waals surface area (Å²) in [7, 11) is 0. The summed E-state index contributed by atoms with van der Waals surface area (Å²) in [5, 5.41) is 0.786. The van der Waals surface area contributed by atoms with Crippen LogP contribution in [-0.4, -0.2) is 10.3 Å². The molecule has 0 spiro atoms. The van der Waals surface area contributed by atoms with Gasteiger partial charge in [-0.1, -0.05) is 54.1 Å². The van der Waals surface area contributed by atoms with E-state index in [1.54, 1.807) is 0 Å². The van der Waals surface area contributed by atoms with Crippen molar-refractivity contribution in [2.45, 2.75) is 25.4 Å². The van der Waals surface area contributed by atoms with Gasteiger partial charge in [0.05, 0.1) is 18.0 Å². The smallest absolute Gasteiger partial charge is 0.0643 e. The van der Waals surface area contributed by atoms with Gasteiger partial charge in [-0.25, -0.2) is 0 Å². The molecule has 120 valence electrons. The molecule has 1 aromatic heterocycles. The Kier molecular flexibility index (Phi) is 4.22. The van der Waals surface area contributed by atoms with Crippen molar-refractivity contribution in [3.63, 3.8) is 0 Å². The van der Waals surface area contributed by atoms with Crippen LogP contribution >= 0.6 is 11.6 Å². The maximum atomic E-state index is 6.03. The number of hydrogen-bond acceptors (Lipinski definition) is 1. The summed E-state index contributed by atoms with van der Waals surface area (Å²) in [6, 6.07) is 22.9. The lowest BCUT2D eigenvalue weighted by Gasteiger charge is -2.26. The Bertz CT molecular complexity index is 847. The molecule has 1 aliphatic rings. The molecule has 0 N–H and O–H groups in total. The summed E-state index contributed by atoms with van der Waals surface area (Å²) in [6.45, 7) is 1.73. The third kappa shape index (κ3) is 3.15. The minimum Gasteiger partial charge on any atom is -0.346 e. The third-order valence-electron chi connectivity index (χ3n) is 4.62. The van der Waals surface area contributed by atoms with E-state index in [0.29, 0.717) is 5.92 Å². The van der Waals surface area contributed by atoms with Crippen LogP contribution in [-0.2, 0) is 13.1 Å². The predicted molar refractivity (Wildman–Crippen MR) is 99.9 cm³/mol. The highest BCUT2D eigenvalue weighted by Gasteiger charge is 2.24. The average Bonchev–Trinajstić information content (AvgIpc) is 3.10. The van der Waals surface area contributed by atoms with Crippen molar-refractivity contribution in [2.24, 2.45) is 4.99 Å². The molecule has 2 heterocycles. The summed E-state index contributed by atoms with van der Waals surface area (Å²) in [5.41, 5.74) is 5.01. The van der Waals surface area contributed by atoms with Gasteiger partial charge in [-0.05, 0) is 41.8 Å². The molecular weight excluding hydrogens is 316 g/mol. The van der Waals surface area contributed by atoms with Crippen LogP contribution in [0.3, 0.4) is 0 Å². The van der Waals surface area contributed by atoms with Gasteiger partial charge in [0.1, 0.15) is 0 Å². The zero-order valence-corrected chi connectivity index (χ0v) is 14.2. The summed E-state index contributed by atoms with van der Waals surface area (Å²) in [6.07, 6.45) is 3.12. The first-order valence-electron chi connectivity index (χ1n) is 8.28. The van der Waals surface area contributed by atoms with Gasteiger partial charge in [0, 0.05) is 23.7 Å². The van der Waals surface area contributed by atoms with Gasteiger partial charge in [-0.2, -0.15) is 0 Å². The third-order valence-corrected chi connectivity index (χ3v) is 4.87. The van der Waals surface area contributed by atoms with Gasteiger partial charge in [-0.3, -0.25) is 4.99 Å². The van der Waals surface area contributed by atoms with Gasteiger partial charge in [0.2, 0.25) is 0 Å². The molecule has 0 radical (unpaired) electrons. The van der Waals surface area contributed by atoms with E-state index in [4.69, 9.17) is 16.6 Å². The Morgan fingerprint density at radius 2 is 1.75 bits per heavy atom. The number of aliphatic imine (C=N–C) groups is 1. The van der Waals surface area contributed by atoms with Crippen molar-refractivity contribution in [1.82, 2.24) is 4.57 Å². The standard InChI is InChI=1S/C21H19ClN2/c22-19-10-8-17(9-11-19)18-13-20(21-7-4-12-24(21)15-18)23-14-16-5-2-1-3-6-16/h1-12,18H,13-15H2. The van der Waals surface area contributed by atoms with Crippen molar-refractivity contribution < 1.29 is 0 Å². The van der Waals surface area contributed by atoms with Crippen molar-refractivity contribution in [3.8, 4) is 0 Å². The number of rotatable bonds is 3. The molecular formula is C21H19ClN2. The molecule has 0 amide bonds. The molecule has 0 fully saturated rings. The topological polar surface area (TPSA) is 17.3 Å². The second kappa shape index (κ2) is 6.66. The summed E-state index contributed by atoms with van der Waals surface area (Å²) < 4.78 is 2.31. The normalized spacial score (nSPS) is 18.5. The number of halogens is 1. The fraction of sp³-hybridized carbons (Fsp3) is 0.190. The van der Waals surface area contributed by atoms with Crippen LogP contribution in [0.4, 0.5) is 0 Å². The highest BCUT2D eigenvalue weighted by atomic mass is 35.5. The quantitative estimate of drug-likeness (QED) is 0.617.